The molecule has 30 heavy (non-hydrogen) atoms. The van der Waals surface area contributed by atoms with Crippen molar-refractivity contribution in [1.82, 2.24) is 5.32 Å². The Bertz CT molecular complexity index is 938. The van der Waals surface area contributed by atoms with Gasteiger partial charge in [0.2, 0.25) is 5.78 Å². The van der Waals surface area contributed by atoms with Gasteiger partial charge < -0.3 is 14.8 Å². The highest BCUT2D eigenvalue weighted by atomic mass is 32.1. The summed E-state index contributed by atoms with van der Waals surface area (Å²) in [4.78, 5) is 49.9. The van der Waals surface area contributed by atoms with Crippen molar-refractivity contribution in [3.8, 4) is 0 Å². The summed E-state index contributed by atoms with van der Waals surface area (Å²) < 4.78 is 10.0. The molecule has 2 N–H and O–H groups in total. The highest BCUT2D eigenvalue weighted by Gasteiger charge is 2.29. The van der Waals surface area contributed by atoms with Gasteiger partial charge in [-0.25, -0.2) is 9.59 Å². The third-order valence-electron chi connectivity index (χ3n) is 4.08. The number of nitrogens with one attached hydrogen (secondary N) is 2. The Hall–Kier alpha value is -3.20. The minimum atomic E-state index is -1.22. The van der Waals surface area contributed by atoms with Crippen LogP contribution in [0.5, 0.6) is 0 Å². The van der Waals surface area contributed by atoms with Crippen LogP contribution in [0, 0.1) is 6.92 Å². The average molecular weight is 432 g/mol. The van der Waals surface area contributed by atoms with Gasteiger partial charge in [0.05, 0.1) is 23.7 Å². The highest BCUT2D eigenvalue weighted by Crippen LogP contribution is 2.34. The normalized spacial score (nSPS) is 11.3. The van der Waals surface area contributed by atoms with Gasteiger partial charge in [0.15, 0.2) is 11.9 Å². The lowest BCUT2D eigenvalue weighted by atomic mass is 10.1. The van der Waals surface area contributed by atoms with Gasteiger partial charge in [-0.05, 0) is 33.3 Å². The maximum atomic E-state index is 13.0. The van der Waals surface area contributed by atoms with Crippen LogP contribution in [0.25, 0.3) is 0 Å². The van der Waals surface area contributed by atoms with Crippen LogP contribution in [0.15, 0.2) is 30.3 Å². The molecule has 9 heteroatoms. The number of Topliss-reactive ketones (excluding diaryl/α,β-unsaturated/α-hetero) is 2. The molecule has 8 nitrogen and oxygen atoms in total. The second-order valence-electron chi connectivity index (χ2n) is 6.21. The first-order chi connectivity index (χ1) is 14.3. The Morgan fingerprint density at radius 3 is 2.23 bits per heavy atom. The molecular formula is C21H24N2O6S. The number of carbonyl (C=O) groups excluding carboxylic acids is 4. The zero-order valence-electron chi connectivity index (χ0n) is 17.2. The zero-order valence-corrected chi connectivity index (χ0v) is 18.1. The fraction of sp³-hybridized carbons (Fsp3) is 0.333. The van der Waals surface area contributed by atoms with E-state index in [1.54, 1.807) is 51.1 Å². The second-order valence-corrected chi connectivity index (χ2v) is 7.23. The minimum Gasteiger partial charge on any atom is -0.462 e. The molecule has 0 saturated heterocycles. The Morgan fingerprint density at radius 1 is 1.03 bits per heavy atom. The topological polar surface area (TPSA) is 111 Å². The molecule has 1 aromatic carbocycles. The Labute approximate surface area is 178 Å². The molecule has 0 aliphatic rings. The summed E-state index contributed by atoms with van der Waals surface area (Å²) in [5.41, 5.74) is 0.962. The van der Waals surface area contributed by atoms with Crippen LogP contribution in [-0.2, 0) is 9.47 Å². The first-order valence-corrected chi connectivity index (χ1v) is 10.2. The van der Waals surface area contributed by atoms with Crippen LogP contribution in [0.3, 0.4) is 0 Å². The highest BCUT2D eigenvalue weighted by molar-refractivity contribution is 7.18. The van der Waals surface area contributed by atoms with Crippen LogP contribution in [0.4, 0.5) is 9.80 Å². The van der Waals surface area contributed by atoms with Crippen LogP contribution >= 0.6 is 11.3 Å². The molecule has 1 atom stereocenters. The molecule has 1 aromatic heterocycles. The van der Waals surface area contributed by atoms with Gasteiger partial charge in [0.25, 0.3) is 0 Å². The van der Waals surface area contributed by atoms with Crippen molar-refractivity contribution in [2.75, 3.05) is 18.5 Å². The summed E-state index contributed by atoms with van der Waals surface area (Å²) >= 11 is 1.02. The number of ether oxygens (including phenoxy) is 2. The van der Waals surface area contributed by atoms with Gasteiger partial charge in [0, 0.05) is 5.56 Å². The van der Waals surface area contributed by atoms with E-state index in [2.05, 4.69) is 10.6 Å². The van der Waals surface area contributed by atoms with Gasteiger partial charge >= 0.3 is 12.1 Å². The van der Waals surface area contributed by atoms with Gasteiger partial charge in [-0.1, -0.05) is 30.3 Å². The van der Waals surface area contributed by atoms with Crippen molar-refractivity contribution in [3.05, 3.63) is 51.9 Å². The Kier molecular flexibility index (Phi) is 8.11. The fourth-order valence-electron chi connectivity index (χ4n) is 2.76. The number of carbonyl (C=O) groups is 4. The number of benzene rings is 1. The van der Waals surface area contributed by atoms with E-state index < -0.39 is 24.0 Å². The standard InChI is InChI=1S/C21H24N2O6S/c1-5-28-20(26)15-12(3)17(13(4)24)30-19(15)22-18(23-21(27)29-6-2)16(25)14-10-8-7-9-11-14/h7-11,18,22H,5-6H2,1-4H3,(H,23,27)/t18-/m1/s1. The molecule has 1 amide bonds. The number of amides is 1. The maximum absolute atomic E-state index is 13.0. The molecule has 160 valence electrons. The molecule has 0 bridgehead atoms. The third-order valence-corrected chi connectivity index (χ3v) is 5.40. The Balaban J connectivity index is 2.46. The van der Waals surface area contributed by atoms with Gasteiger partial charge in [-0.2, -0.15) is 0 Å². The van der Waals surface area contributed by atoms with E-state index in [-0.39, 0.29) is 29.6 Å². The largest absolute Gasteiger partial charge is 0.462 e. The monoisotopic (exact) mass is 432 g/mol. The van der Waals surface area contributed by atoms with E-state index in [1.807, 2.05) is 0 Å². The zero-order chi connectivity index (χ0) is 22.3. The summed E-state index contributed by atoms with van der Waals surface area (Å²) in [6.07, 6.45) is -2.02. The van der Waals surface area contributed by atoms with Crippen molar-refractivity contribution in [3.63, 3.8) is 0 Å². The number of hydrogen-bond acceptors (Lipinski definition) is 8. The summed E-state index contributed by atoms with van der Waals surface area (Å²) in [5.74, 6) is -1.28. The summed E-state index contributed by atoms with van der Waals surface area (Å²) in [5, 5.41) is 5.62. The van der Waals surface area contributed by atoms with E-state index in [4.69, 9.17) is 9.47 Å². The van der Waals surface area contributed by atoms with Crippen LogP contribution < -0.4 is 10.6 Å². The molecule has 1 heterocycles. The first kappa shape index (κ1) is 23.1. The second kappa shape index (κ2) is 10.5. The molecule has 0 saturated carbocycles. The van der Waals surface area contributed by atoms with E-state index >= 15 is 0 Å². The number of esters is 1. The van der Waals surface area contributed by atoms with Gasteiger partial charge in [-0.15, -0.1) is 11.3 Å². The lowest BCUT2D eigenvalue weighted by molar-refractivity contribution is 0.0527. The summed E-state index contributed by atoms with van der Waals surface area (Å²) in [6, 6.07) is 8.37. The number of ketones is 2. The van der Waals surface area contributed by atoms with Crippen molar-refractivity contribution < 1.29 is 28.7 Å². The van der Waals surface area contributed by atoms with Crippen molar-refractivity contribution in [1.29, 1.82) is 0 Å². The van der Waals surface area contributed by atoms with Crippen molar-refractivity contribution in [2.45, 2.75) is 33.9 Å². The van der Waals surface area contributed by atoms with E-state index in [9.17, 15) is 19.2 Å². The lowest BCUT2D eigenvalue weighted by Gasteiger charge is -2.20. The number of alkyl carbamates (subject to hydrolysis) is 1. The van der Waals surface area contributed by atoms with E-state index in [0.29, 0.717) is 16.0 Å². The molecule has 0 spiro atoms. The predicted octanol–water partition coefficient (Wildman–Crippen LogP) is 3.80. The molecular weight excluding hydrogens is 408 g/mol. The lowest BCUT2D eigenvalue weighted by Crippen LogP contribution is -2.46. The van der Waals surface area contributed by atoms with Crippen LogP contribution in [-0.4, -0.2) is 43.0 Å². The molecule has 0 aliphatic carbocycles. The van der Waals surface area contributed by atoms with Gasteiger partial charge in [0.1, 0.15) is 5.00 Å². The molecule has 2 rings (SSSR count). The molecule has 0 fully saturated rings. The molecule has 2 aromatic rings. The van der Waals surface area contributed by atoms with Crippen molar-refractivity contribution >= 4 is 40.0 Å². The number of hydrogen-bond donors (Lipinski definition) is 2. The number of rotatable bonds is 9. The average Bonchev–Trinajstić information content (AvgIpc) is 3.04. The third kappa shape index (κ3) is 5.44. The Morgan fingerprint density at radius 2 is 1.67 bits per heavy atom. The summed E-state index contributed by atoms with van der Waals surface area (Å²) in [7, 11) is 0. The molecule has 0 unspecified atom stereocenters. The smallest absolute Gasteiger partial charge is 0.409 e. The van der Waals surface area contributed by atoms with Crippen molar-refractivity contribution in [2.24, 2.45) is 0 Å². The van der Waals surface area contributed by atoms with Crippen LogP contribution in [0.1, 0.15) is 56.7 Å². The number of anilines is 1. The SMILES string of the molecule is CCOC(=O)N[C@@H](Nc1sc(C(C)=O)c(C)c1C(=O)OCC)C(=O)c1ccccc1. The fourth-order valence-corrected chi connectivity index (χ4v) is 3.88. The van der Waals surface area contributed by atoms with E-state index in [1.165, 1.54) is 6.92 Å². The predicted molar refractivity (Wildman–Crippen MR) is 113 cm³/mol. The maximum Gasteiger partial charge on any atom is 0.409 e. The van der Waals surface area contributed by atoms with Gasteiger partial charge in [-0.3, -0.25) is 14.9 Å². The first-order valence-electron chi connectivity index (χ1n) is 9.40. The van der Waals surface area contributed by atoms with E-state index in [0.717, 1.165) is 11.3 Å². The van der Waals surface area contributed by atoms with Crippen LogP contribution in [0.2, 0.25) is 0 Å². The summed E-state index contributed by atoms with van der Waals surface area (Å²) in [6.45, 7) is 6.61. The minimum absolute atomic E-state index is 0.124. The number of thiophene rings is 1. The molecule has 0 radical (unpaired) electrons. The quantitative estimate of drug-likeness (QED) is 0.352. The molecule has 0 aliphatic heterocycles.